The number of aromatic nitrogens is 2. The minimum absolute atomic E-state index is 0.234. The number of alkyl halides is 3. The lowest BCUT2D eigenvalue weighted by Gasteiger charge is -2.32. The molecule has 0 amide bonds. The van der Waals surface area contributed by atoms with E-state index in [9.17, 15) is 17.6 Å². The zero-order chi connectivity index (χ0) is 22.2. The maximum Gasteiger partial charge on any atom is 0.525 e. The van der Waals surface area contributed by atoms with Crippen LogP contribution in [0.15, 0.2) is 54.5 Å². The number of halogens is 4. The molecule has 9 heteroatoms. The molecule has 1 saturated heterocycles. The van der Waals surface area contributed by atoms with Gasteiger partial charge in [0, 0.05) is 11.8 Å². The Morgan fingerprint density at radius 1 is 1.10 bits per heavy atom. The second kappa shape index (κ2) is 8.04. The molecule has 0 saturated carbocycles. The van der Waals surface area contributed by atoms with Gasteiger partial charge in [-0.2, -0.15) is 18.3 Å². The van der Waals surface area contributed by atoms with Crippen molar-refractivity contribution in [3.63, 3.8) is 0 Å². The van der Waals surface area contributed by atoms with E-state index in [2.05, 4.69) is 5.10 Å². The van der Waals surface area contributed by atoms with E-state index in [4.69, 9.17) is 9.31 Å². The van der Waals surface area contributed by atoms with Crippen molar-refractivity contribution in [2.75, 3.05) is 0 Å². The van der Waals surface area contributed by atoms with Crippen LogP contribution in [0.4, 0.5) is 17.6 Å². The van der Waals surface area contributed by atoms with Crippen LogP contribution in [0.1, 0.15) is 38.8 Å². The van der Waals surface area contributed by atoms with Gasteiger partial charge in [0.2, 0.25) is 0 Å². The third-order valence-corrected chi connectivity index (χ3v) is 5.31. The maximum atomic E-state index is 15.0. The van der Waals surface area contributed by atoms with Gasteiger partial charge in [0.1, 0.15) is 5.73 Å². The number of hydrogen-bond donors (Lipinski definition) is 0. The normalized spacial score (nSPS) is 19.4. The molecule has 2 aromatic rings. The summed E-state index contributed by atoms with van der Waals surface area (Å²) < 4.78 is 68.3. The lowest BCUT2D eigenvalue weighted by atomic mass is 9.83. The quantitative estimate of drug-likeness (QED) is 0.474. The topological polar surface area (TPSA) is 36.3 Å². The van der Waals surface area contributed by atoms with E-state index in [0.29, 0.717) is 0 Å². The number of benzene rings is 1. The third-order valence-electron chi connectivity index (χ3n) is 5.31. The highest BCUT2D eigenvalue weighted by Gasteiger charge is 2.55. The smallest absolute Gasteiger partial charge is 0.398 e. The Hall–Kier alpha value is -2.39. The molecule has 0 aliphatic carbocycles. The first-order chi connectivity index (χ1) is 13.9. The Balaban J connectivity index is 1.85. The first-order valence-corrected chi connectivity index (χ1v) is 9.48. The van der Waals surface area contributed by atoms with Gasteiger partial charge in [-0.05, 0) is 33.3 Å². The van der Waals surface area contributed by atoms with E-state index in [1.54, 1.807) is 33.8 Å². The zero-order valence-electron chi connectivity index (χ0n) is 17.2. The van der Waals surface area contributed by atoms with Crippen LogP contribution in [0.3, 0.4) is 0 Å². The van der Waals surface area contributed by atoms with Crippen LogP contribution in [0.25, 0.3) is 11.6 Å². The van der Waals surface area contributed by atoms with E-state index < -0.39 is 35.8 Å². The molecule has 0 bridgehead atoms. The van der Waals surface area contributed by atoms with E-state index in [-0.39, 0.29) is 12.1 Å². The summed E-state index contributed by atoms with van der Waals surface area (Å²) in [6.07, 6.45) is 0.787. The molecule has 30 heavy (non-hydrogen) atoms. The molecule has 0 spiro atoms. The number of allylic oxidation sites excluding steroid dienone is 2. The fourth-order valence-electron chi connectivity index (χ4n) is 2.95. The van der Waals surface area contributed by atoms with E-state index >= 15 is 0 Å². The van der Waals surface area contributed by atoms with Crippen LogP contribution in [0.5, 0.6) is 0 Å². The summed E-state index contributed by atoms with van der Waals surface area (Å²) >= 11 is 0. The fraction of sp³-hybridized carbons (Fsp3) is 0.381. The standard InChI is InChI=1S/C21H23BF4N2O2/c1-19(2)20(3,4)30-22(29-19)18(23)17(21(24,25)26)16-13-27-28(14-16)12-8-11-15-9-6-5-7-10-15/h5-11,13-14H,12H2,1-4H3/b11-8+,18-17?. The molecule has 160 valence electrons. The second-order valence-corrected chi connectivity index (χ2v) is 8.07. The summed E-state index contributed by atoms with van der Waals surface area (Å²) in [6, 6.07) is 9.44. The first-order valence-electron chi connectivity index (χ1n) is 9.48. The van der Waals surface area contributed by atoms with E-state index in [1.807, 2.05) is 36.4 Å². The number of hydrogen-bond acceptors (Lipinski definition) is 3. The number of nitrogens with zero attached hydrogens (tertiary/aromatic N) is 2. The van der Waals surface area contributed by atoms with Crippen molar-refractivity contribution in [3.05, 3.63) is 65.7 Å². The highest BCUT2D eigenvalue weighted by atomic mass is 19.4. The summed E-state index contributed by atoms with van der Waals surface area (Å²) in [6.45, 7) is 6.81. The van der Waals surface area contributed by atoms with Gasteiger partial charge in [0.25, 0.3) is 0 Å². The monoisotopic (exact) mass is 422 g/mol. The summed E-state index contributed by atoms with van der Waals surface area (Å²) in [5.41, 5.74) is -4.31. The summed E-state index contributed by atoms with van der Waals surface area (Å²) in [7, 11) is -1.74. The van der Waals surface area contributed by atoms with Gasteiger partial charge in [-0.25, -0.2) is 4.39 Å². The van der Waals surface area contributed by atoms with Gasteiger partial charge in [0.15, 0.2) is 0 Å². The Labute approximate surface area is 173 Å². The average Bonchev–Trinajstić information content (AvgIpc) is 3.16. The molecule has 0 radical (unpaired) electrons. The summed E-state index contributed by atoms with van der Waals surface area (Å²) in [4.78, 5) is 0. The summed E-state index contributed by atoms with van der Waals surface area (Å²) in [5, 5.41) is 3.93. The number of rotatable bonds is 5. The van der Waals surface area contributed by atoms with Crippen LogP contribution >= 0.6 is 0 Å². The molecule has 1 aliphatic rings. The van der Waals surface area contributed by atoms with Crippen molar-refractivity contribution in [2.24, 2.45) is 0 Å². The van der Waals surface area contributed by atoms with Gasteiger partial charge < -0.3 is 9.31 Å². The lowest BCUT2D eigenvalue weighted by Crippen LogP contribution is -2.41. The molecule has 0 atom stereocenters. The Morgan fingerprint density at radius 2 is 1.70 bits per heavy atom. The molecule has 1 aromatic heterocycles. The third kappa shape index (κ3) is 4.68. The fourth-order valence-corrected chi connectivity index (χ4v) is 2.95. The minimum Gasteiger partial charge on any atom is -0.398 e. The SMILES string of the molecule is CC1(C)OB(C(F)=C(c2cnn(C/C=C/c3ccccc3)c2)C(F)(F)F)OC1(C)C. The zero-order valence-corrected chi connectivity index (χ0v) is 17.2. The predicted molar refractivity (Wildman–Crippen MR) is 108 cm³/mol. The van der Waals surface area contributed by atoms with Crippen LogP contribution in [-0.2, 0) is 15.9 Å². The molecule has 1 fully saturated rings. The molecule has 2 heterocycles. The average molecular weight is 422 g/mol. The maximum absolute atomic E-state index is 15.0. The van der Waals surface area contributed by atoms with Gasteiger partial charge in [-0.1, -0.05) is 42.5 Å². The van der Waals surface area contributed by atoms with Crippen LogP contribution < -0.4 is 0 Å². The van der Waals surface area contributed by atoms with Crippen molar-refractivity contribution in [1.29, 1.82) is 0 Å². The Kier molecular flexibility index (Phi) is 5.97. The molecule has 0 N–H and O–H groups in total. The highest BCUT2D eigenvalue weighted by molar-refractivity contribution is 6.55. The molecule has 0 unspecified atom stereocenters. The molecular weight excluding hydrogens is 399 g/mol. The Morgan fingerprint density at radius 3 is 2.27 bits per heavy atom. The van der Waals surface area contributed by atoms with Crippen molar-refractivity contribution in [1.82, 2.24) is 9.78 Å². The van der Waals surface area contributed by atoms with Crippen LogP contribution in [0.2, 0.25) is 0 Å². The predicted octanol–water partition coefficient (Wildman–Crippen LogP) is 5.47. The molecular formula is C21H23BF4N2O2. The van der Waals surface area contributed by atoms with Crippen molar-refractivity contribution in [3.8, 4) is 0 Å². The van der Waals surface area contributed by atoms with E-state index in [1.165, 1.54) is 4.68 Å². The van der Waals surface area contributed by atoms with Crippen molar-refractivity contribution < 1.29 is 26.9 Å². The first kappa shape index (κ1) is 22.3. The second-order valence-electron chi connectivity index (χ2n) is 8.07. The highest BCUT2D eigenvalue weighted by Crippen LogP contribution is 2.43. The van der Waals surface area contributed by atoms with Crippen LogP contribution in [-0.4, -0.2) is 34.3 Å². The molecule has 4 nitrogen and oxygen atoms in total. The molecule has 3 rings (SSSR count). The molecule has 1 aromatic carbocycles. The van der Waals surface area contributed by atoms with Gasteiger partial charge in [0.05, 0.1) is 29.5 Å². The van der Waals surface area contributed by atoms with Crippen LogP contribution in [0, 0.1) is 0 Å². The Bertz CT molecular complexity index is 933. The van der Waals surface area contributed by atoms with Gasteiger partial charge in [-0.15, -0.1) is 0 Å². The minimum atomic E-state index is -4.94. The largest absolute Gasteiger partial charge is 0.525 e. The van der Waals surface area contributed by atoms with Gasteiger partial charge >= 0.3 is 13.3 Å². The lowest BCUT2D eigenvalue weighted by molar-refractivity contribution is -0.0699. The van der Waals surface area contributed by atoms with Gasteiger partial charge in [-0.3, -0.25) is 4.68 Å². The summed E-state index contributed by atoms with van der Waals surface area (Å²) in [5.74, 6) is 0. The van der Waals surface area contributed by atoms with Crippen molar-refractivity contribution >= 4 is 18.8 Å². The van der Waals surface area contributed by atoms with Crippen molar-refractivity contribution in [2.45, 2.75) is 51.6 Å². The molecule has 1 aliphatic heterocycles. The van der Waals surface area contributed by atoms with E-state index in [0.717, 1.165) is 18.0 Å².